The first kappa shape index (κ1) is 11.5. The Bertz CT molecular complexity index is 334. The molecule has 0 aromatic carbocycles. The maximum absolute atomic E-state index is 5.52. The molecule has 1 aromatic rings. The molecule has 90 valence electrons. The maximum atomic E-state index is 5.52. The largest absolute Gasteiger partial charge is 0.373 e. The minimum atomic E-state index is -0.335. The van der Waals surface area contributed by atoms with Gasteiger partial charge in [0.15, 0.2) is 0 Å². The van der Waals surface area contributed by atoms with Crippen LogP contribution in [0.5, 0.6) is 0 Å². The van der Waals surface area contributed by atoms with E-state index >= 15 is 0 Å². The van der Waals surface area contributed by atoms with Gasteiger partial charge in [-0.25, -0.2) is 0 Å². The summed E-state index contributed by atoms with van der Waals surface area (Å²) in [4.78, 5) is 4.28. The van der Waals surface area contributed by atoms with E-state index in [1.54, 1.807) is 14.2 Å². The van der Waals surface area contributed by atoms with Crippen LogP contribution in [0.15, 0.2) is 4.52 Å². The van der Waals surface area contributed by atoms with Crippen molar-refractivity contribution >= 4 is 0 Å². The predicted octanol–water partition coefficient (Wildman–Crippen LogP) is 0.813. The van der Waals surface area contributed by atoms with Crippen LogP contribution in [0.2, 0.25) is 0 Å². The molecule has 1 aromatic heterocycles. The first-order valence-electron chi connectivity index (χ1n) is 5.39. The third-order valence-corrected chi connectivity index (χ3v) is 2.79. The monoisotopic (exact) mass is 227 g/mol. The second-order valence-corrected chi connectivity index (χ2v) is 3.94. The number of nitrogens with two attached hydrogens (primary N) is 1. The minimum Gasteiger partial charge on any atom is -0.373 e. The van der Waals surface area contributed by atoms with Gasteiger partial charge in [0.05, 0.1) is 0 Å². The zero-order valence-corrected chi connectivity index (χ0v) is 9.55. The number of hydrogen-bond donors (Lipinski definition) is 1. The molecule has 1 aliphatic rings. The summed E-state index contributed by atoms with van der Waals surface area (Å²) in [5.41, 5.74) is 5.52. The molecule has 6 heteroatoms. The van der Waals surface area contributed by atoms with Crippen molar-refractivity contribution in [1.82, 2.24) is 10.1 Å². The van der Waals surface area contributed by atoms with Crippen LogP contribution in [0.3, 0.4) is 0 Å². The van der Waals surface area contributed by atoms with E-state index < -0.39 is 0 Å². The molecular formula is C10H17N3O3. The lowest BCUT2D eigenvalue weighted by molar-refractivity contribution is 0.0743. The summed E-state index contributed by atoms with van der Waals surface area (Å²) in [6.07, 6.45) is 1.92. The minimum absolute atomic E-state index is 0.0622. The van der Waals surface area contributed by atoms with Crippen molar-refractivity contribution in [2.24, 2.45) is 11.7 Å². The smallest absolute Gasteiger partial charge is 0.257 e. The van der Waals surface area contributed by atoms with Crippen LogP contribution in [0.4, 0.5) is 0 Å². The summed E-state index contributed by atoms with van der Waals surface area (Å²) in [5, 5.41) is 3.92. The topological polar surface area (TPSA) is 83.4 Å². The molecule has 0 spiro atoms. The highest BCUT2D eigenvalue weighted by Gasteiger charge is 2.36. The fraction of sp³-hybridized carbons (Fsp3) is 0.800. The maximum Gasteiger partial charge on any atom is 0.257 e. The molecule has 1 fully saturated rings. The Hall–Kier alpha value is -0.980. The molecule has 6 nitrogen and oxygen atoms in total. The van der Waals surface area contributed by atoms with Crippen LogP contribution < -0.4 is 5.73 Å². The van der Waals surface area contributed by atoms with Gasteiger partial charge in [-0.05, 0) is 18.8 Å². The molecule has 1 saturated carbocycles. The van der Waals surface area contributed by atoms with Gasteiger partial charge in [0, 0.05) is 20.8 Å². The van der Waals surface area contributed by atoms with Gasteiger partial charge in [0.1, 0.15) is 12.2 Å². The molecule has 0 radical (unpaired) electrons. The van der Waals surface area contributed by atoms with E-state index in [-0.39, 0.29) is 12.2 Å². The summed E-state index contributed by atoms with van der Waals surface area (Å²) in [6.45, 7) is 0.319. The van der Waals surface area contributed by atoms with E-state index in [0.717, 1.165) is 12.8 Å². The molecule has 2 N–H and O–H groups in total. The van der Waals surface area contributed by atoms with Gasteiger partial charge < -0.3 is 19.7 Å². The Morgan fingerprint density at radius 3 is 2.69 bits per heavy atom. The zero-order valence-electron chi connectivity index (χ0n) is 9.55. The molecule has 2 rings (SSSR count). The Balaban J connectivity index is 2.10. The molecule has 0 amide bonds. The summed E-state index contributed by atoms with van der Waals surface area (Å²) in [7, 11) is 3.23. The van der Waals surface area contributed by atoms with E-state index in [0.29, 0.717) is 24.2 Å². The van der Waals surface area contributed by atoms with Crippen LogP contribution in [-0.4, -0.2) is 30.9 Å². The van der Waals surface area contributed by atoms with Gasteiger partial charge in [-0.3, -0.25) is 0 Å². The van der Waals surface area contributed by atoms with Gasteiger partial charge in [0.25, 0.3) is 5.89 Å². The fourth-order valence-corrected chi connectivity index (χ4v) is 1.70. The molecule has 1 heterocycles. The summed E-state index contributed by atoms with van der Waals surface area (Å²) >= 11 is 0. The highest BCUT2D eigenvalue weighted by molar-refractivity contribution is 4.99. The third-order valence-electron chi connectivity index (χ3n) is 2.79. The first-order chi connectivity index (χ1) is 7.80. The molecule has 2 atom stereocenters. The predicted molar refractivity (Wildman–Crippen MR) is 55.6 cm³/mol. The average molecular weight is 227 g/mol. The second-order valence-electron chi connectivity index (χ2n) is 3.94. The lowest BCUT2D eigenvalue weighted by Gasteiger charge is -2.09. The molecule has 2 unspecified atom stereocenters. The molecule has 0 aliphatic heterocycles. The van der Waals surface area contributed by atoms with Crippen LogP contribution in [0.1, 0.15) is 36.8 Å². The van der Waals surface area contributed by atoms with Crippen LogP contribution in [0.25, 0.3) is 0 Å². The number of ether oxygens (including phenoxy) is 2. The van der Waals surface area contributed by atoms with Crippen molar-refractivity contribution in [2.75, 3.05) is 20.8 Å². The van der Waals surface area contributed by atoms with Crippen molar-refractivity contribution in [3.05, 3.63) is 11.7 Å². The summed E-state index contributed by atoms with van der Waals surface area (Å²) in [6, 6.07) is 0. The number of aromatic nitrogens is 2. The second kappa shape index (κ2) is 4.90. The summed E-state index contributed by atoms with van der Waals surface area (Å²) in [5.74, 6) is 1.53. The van der Waals surface area contributed by atoms with Gasteiger partial charge in [0.2, 0.25) is 5.82 Å². The van der Waals surface area contributed by atoms with E-state index in [1.807, 2.05) is 0 Å². The molecule has 0 saturated heterocycles. The Labute approximate surface area is 94.1 Å². The van der Waals surface area contributed by atoms with E-state index in [4.69, 9.17) is 19.7 Å². The van der Waals surface area contributed by atoms with Crippen molar-refractivity contribution in [2.45, 2.75) is 25.0 Å². The number of rotatable bonds is 6. The summed E-state index contributed by atoms with van der Waals surface area (Å²) < 4.78 is 15.6. The zero-order chi connectivity index (χ0) is 11.5. The van der Waals surface area contributed by atoms with Crippen LogP contribution >= 0.6 is 0 Å². The van der Waals surface area contributed by atoms with Gasteiger partial charge in [-0.2, -0.15) is 4.98 Å². The lowest BCUT2D eigenvalue weighted by Crippen LogP contribution is -2.15. The third kappa shape index (κ3) is 2.23. The Kier molecular flexibility index (Phi) is 3.52. The van der Waals surface area contributed by atoms with Gasteiger partial charge in [-0.15, -0.1) is 0 Å². The Morgan fingerprint density at radius 1 is 1.44 bits per heavy atom. The SMILES string of the molecule is COC(CN)c1nc(C(OC)C2CC2)no1. The van der Waals surface area contributed by atoms with Crippen molar-refractivity contribution < 1.29 is 14.0 Å². The van der Waals surface area contributed by atoms with Crippen LogP contribution in [0, 0.1) is 5.92 Å². The average Bonchev–Trinajstić information content (AvgIpc) is 3.01. The molecular weight excluding hydrogens is 210 g/mol. The highest BCUT2D eigenvalue weighted by atomic mass is 16.5. The fourth-order valence-electron chi connectivity index (χ4n) is 1.70. The normalized spacial score (nSPS) is 19.7. The van der Waals surface area contributed by atoms with Crippen molar-refractivity contribution in [3.8, 4) is 0 Å². The number of nitrogens with zero attached hydrogens (tertiary/aromatic N) is 2. The van der Waals surface area contributed by atoms with Crippen molar-refractivity contribution in [3.63, 3.8) is 0 Å². The number of hydrogen-bond acceptors (Lipinski definition) is 6. The van der Waals surface area contributed by atoms with Gasteiger partial charge >= 0.3 is 0 Å². The first-order valence-corrected chi connectivity index (χ1v) is 5.39. The van der Waals surface area contributed by atoms with E-state index in [2.05, 4.69) is 10.1 Å². The quantitative estimate of drug-likeness (QED) is 0.774. The molecule has 0 bridgehead atoms. The van der Waals surface area contributed by atoms with Gasteiger partial charge in [-0.1, -0.05) is 5.16 Å². The highest BCUT2D eigenvalue weighted by Crippen LogP contribution is 2.42. The standard InChI is InChI=1S/C10H17N3O3/c1-14-7(5-11)10-12-9(13-16-10)8(15-2)6-3-4-6/h6-8H,3-5,11H2,1-2H3. The lowest BCUT2D eigenvalue weighted by atomic mass is 10.2. The molecule has 16 heavy (non-hydrogen) atoms. The van der Waals surface area contributed by atoms with E-state index in [9.17, 15) is 0 Å². The van der Waals surface area contributed by atoms with Crippen molar-refractivity contribution in [1.29, 1.82) is 0 Å². The Morgan fingerprint density at radius 2 is 2.19 bits per heavy atom. The van der Waals surface area contributed by atoms with E-state index in [1.165, 1.54) is 0 Å². The molecule has 1 aliphatic carbocycles. The number of methoxy groups -OCH3 is 2. The van der Waals surface area contributed by atoms with Crippen LogP contribution in [-0.2, 0) is 9.47 Å².